The van der Waals surface area contributed by atoms with Crippen LogP contribution < -0.4 is 0 Å². The zero-order valence-electron chi connectivity index (χ0n) is 22.8. The van der Waals surface area contributed by atoms with E-state index in [4.69, 9.17) is 8.83 Å². The lowest BCUT2D eigenvalue weighted by atomic mass is 10.0. The summed E-state index contributed by atoms with van der Waals surface area (Å²) in [4.78, 5) is 16.5. The highest BCUT2D eigenvalue weighted by atomic mass is 19.1. The monoisotopic (exact) mass is 514 g/mol. The highest BCUT2D eigenvalue weighted by Gasteiger charge is 2.06. The lowest BCUT2D eigenvalue weighted by Crippen LogP contribution is -1.93. The number of hydrogen-bond donors (Lipinski definition) is 0. The van der Waals surface area contributed by atoms with Crippen molar-refractivity contribution in [3.8, 4) is 22.8 Å². The van der Waals surface area contributed by atoms with Gasteiger partial charge in [-0.3, -0.25) is 4.98 Å². The van der Waals surface area contributed by atoms with Crippen molar-refractivity contribution < 1.29 is 13.2 Å². The lowest BCUT2D eigenvalue weighted by molar-refractivity contribution is 0.569. The molecule has 38 heavy (non-hydrogen) atoms. The number of rotatable bonds is 5. The van der Waals surface area contributed by atoms with Crippen molar-refractivity contribution in [3.05, 3.63) is 109 Å². The molecule has 5 rings (SSSR count). The number of pyridine rings is 2. The third kappa shape index (κ3) is 8.47. The molecule has 4 aromatic heterocycles. The van der Waals surface area contributed by atoms with Gasteiger partial charge in [0.15, 0.2) is 24.3 Å². The Hall–Kier alpha value is -4.13. The minimum atomic E-state index is -0.163. The molecule has 0 saturated carbocycles. The number of nitrogens with zero attached hydrogens (tertiary/aromatic N) is 4. The van der Waals surface area contributed by atoms with Crippen LogP contribution >= 0.6 is 0 Å². The van der Waals surface area contributed by atoms with E-state index < -0.39 is 0 Å². The van der Waals surface area contributed by atoms with Gasteiger partial charge in [-0.05, 0) is 59.7 Å². The Labute approximate surface area is 224 Å². The molecule has 5 aromatic rings. The number of benzene rings is 1. The van der Waals surface area contributed by atoms with Gasteiger partial charge in [-0.1, -0.05) is 59.7 Å². The topological polar surface area (TPSA) is 77.8 Å². The fourth-order valence-electron chi connectivity index (χ4n) is 3.38. The maximum Gasteiger partial charge on any atom is 0.181 e. The molecule has 0 radical (unpaired) electrons. The second-order valence-corrected chi connectivity index (χ2v) is 9.66. The van der Waals surface area contributed by atoms with Crippen molar-refractivity contribution >= 4 is 0 Å². The van der Waals surface area contributed by atoms with E-state index in [9.17, 15) is 4.39 Å². The molecule has 198 valence electrons. The summed E-state index contributed by atoms with van der Waals surface area (Å²) in [5.74, 6) is 2.68. The summed E-state index contributed by atoms with van der Waals surface area (Å²) in [6, 6.07) is 16.5. The summed E-state index contributed by atoms with van der Waals surface area (Å²) < 4.78 is 22.7. The Bertz CT molecular complexity index is 1270. The van der Waals surface area contributed by atoms with Crippen LogP contribution in [0.1, 0.15) is 76.2 Å². The van der Waals surface area contributed by atoms with Gasteiger partial charge in [0, 0.05) is 23.1 Å². The quantitative estimate of drug-likeness (QED) is 0.233. The Morgan fingerprint density at radius 2 is 1.32 bits per heavy atom. The summed E-state index contributed by atoms with van der Waals surface area (Å²) >= 11 is 0. The van der Waals surface area contributed by atoms with Gasteiger partial charge in [-0.15, -0.1) is 0 Å². The van der Waals surface area contributed by atoms with E-state index in [1.54, 1.807) is 18.6 Å². The van der Waals surface area contributed by atoms with Crippen LogP contribution in [0, 0.1) is 5.82 Å². The molecule has 0 amide bonds. The largest absolute Gasteiger partial charge is 0.444 e. The molecule has 0 N–H and O–H groups in total. The highest BCUT2D eigenvalue weighted by Crippen LogP contribution is 2.22. The van der Waals surface area contributed by atoms with Crippen LogP contribution in [0.15, 0.2) is 94.8 Å². The van der Waals surface area contributed by atoms with E-state index >= 15 is 0 Å². The number of hydrogen-bond acceptors (Lipinski definition) is 6. The zero-order valence-corrected chi connectivity index (χ0v) is 22.8. The van der Waals surface area contributed by atoms with Crippen LogP contribution in [0.5, 0.6) is 0 Å². The lowest BCUT2D eigenvalue weighted by Gasteiger charge is -2.04. The molecule has 0 bridgehead atoms. The second-order valence-electron chi connectivity index (χ2n) is 9.66. The average molecular weight is 515 g/mol. The Morgan fingerprint density at radius 1 is 0.684 bits per heavy atom. The third-order valence-electron chi connectivity index (χ3n) is 5.67. The Kier molecular flexibility index (Phi) is 10.5. The minimum Gasteiger partial charge on any atom is -0.444 e. The Morgan fingerprint density at radius 3 is 1.87 bits per heavy atom. The number of aromatic nitrogens is 4. The van der Waals surface area contributed by atoms with Crippen LogP contribution in [0.25, 0.3) is 22.8 Å². The predicted octanol–water partition coefficient (Wildman–Crippen LogP) is 8.67. The van der Waals surface area contributed by atoms with Crippen LogP contribution in [-0.2, 0) is 0 Å². The van der Waals surface area contributed by atoms with Gasteiger partial charge in [-0.25, -0.2) is 19.3 Å². The minimum absolute atomic E-state index is 0.163. The zero-order chi connectivity index (χ0) is 27.5. The number of oxazole rings is 2. The van der Waals surface area contributed by atoms with Gasteiger partial charge >= 0.3 is 0 Å². The van der Waals surface area contributed by atoms with Gasteiger partial charge in [0.25, 0.3) is 0 Å². The summed E-state index contributed by atoms with van der Waals surface area (Å²) in [5.41, 5.74) is 5.19. The van der Waals surface area contributed by atoms with Crippen molar-refractivity contribution in [2.45, 2.75) is 59.3 Å². The molecule has 0 aliphatic rings. The van der Waals surface area contributed by atoms with Gasteiger partial charge in [0.1, 0.15) is 11.5 Å². The van der Waals surface area contributed by atoms with Gasteiger partial charge in [0.05, 0.1) is 12.4 Å². The van der Waals surface area contributed by atoms with Crippen LogP contribution in [-0.4, -0.2) is 19.9 Å². The molecular weight excluding hydrogens is 479 g/mol. The molecule has 0 aliphatic carbocycles. The Balaban J connectivity index is 0.000000161. The highest BCUT2D eigenvalue weighted by molar-refractivity contribution is 5.56. The van der Waals surface area contributed by atoms with Gasteiger partial charge < -0.3 is 8.83 Å². The summed E-state index contributed by atoms with van der Waals surface area (Å²) in [5, 5.41) is 0. The van der Waals surface area contributed by atoms with Crippen molar-refractivity contribution in [3.63, 3.8) is 0 Å². The van der Waals surface area contributed by atoms with Crippen molar-refractivity contribution in [2.24, 2.45) is 0 Å². The fourth-order valence-corrected chi connectivity index (χ4v) is 3.38. The molecule has 0 aliphatic heterocycles. The molecule has 0 atom stereocenters. The van der Waals surface area contributed by atoms with Crippen LogP contribution in [0.3, 0.4) is 0 Å². The fraction of sp³-hybridized carbons (Fsp3) is 0.290. The van der Waals surface area contributed by atoms with E-state index in [0.29, 0.717) is 23.5 Å². The predicted molar refractivity (Wildman–Crippen MR) is 148 cm³/mol. The summed E-state index contributed by atoms with van der Waals surface area (Å²) in [6.07, 6.45) is 8.03. The molecular formula is C31H35FN4O2. The summed E-state index contributed by atoms with van der Waals surface area (Å²) in [6.45, 7) is 12.7. The SMILES string of the molecule is CC(C)c1cc(-c2cnco2)ccn1.CC(C)c1ccc(F)cc1.CC(C)c1cccc(-c2cnco2)n1. The van der Waals surface area contributed by atoms with Crippen LogP contribution in [0.4, 0.5) is 4.39 Å². The normalized spacial score (nSPS) is 10.7. The average Bonchev–Trinajstić information content (AvgIpc) is 3.65. The van der Waals surface area contributed by atoms with E-state index in [-0.39, 0.29) is 5.82 Å². The maximum absolute atomic E-state index is 12.4. The first kappa shape index (κ1) is 28.4. The van der Waals surface area contributed by atoms with E-state index in [1.807, 2.05) is 42.5 Å². The molecule has 0 unspecified atom stereocenters. The van der Waals surface area contributed by atoms with E-state index in [0.717, 1.165) is 28.4 Å². The smallest absolute Gasteiger partial charge is 0.181 e. The third-order valence-corrected chi connectivity index (χ3v) is 5.67. The number of halogens is 1. The first-order chi connectivity index (χ1) is 18.2. The molecule has 7 heteroatoms. The standard InChI is InChI=1S/2C11H12N2O.C9H11F/c1-8(2)10-5-9(3-4-13-10)11-6-12-7-14-11;1-8(2)9-4-3-5-10(13-9)11-6-12-7-14-11;1-7(2)8-3-5-9(10)6-4-8/h2*3-8H,1-2H3;3-7H,1-2H3. The van der Waals surface area contributed by atoms with Crippen molar-refractivity contribution in [1.82, 2.24) is 19.9 Å². The molecule has 0 saturated heterocycles. The van der Waals surface area contributed by atoms with Crippen molar-refractivity contribution in [2.75, 3.05) is 0 Å². The van der Waals surface area contributed by atoms with Crippen molar-refractivity contribution in [1.29, 1.82) is 0 Å². The van der Waals surface area contributed by atoms with E-state index in [1.165, 1.54) is 30.5 Å². The first-order valence-corrected chi connectivity index (χ1v) is 12.7. The molecule has 1 aromatic carbocycles. The van der Waals surface area contributed by atoms with E-state index in [2.05, 4.69) is 61.5 Å². The van der Waals surface area contributed by atoms with Crippen LogP contribution in [0.2, 0.25) is 0 Å². The summed E-state index contributed by atoms with van der Waals surface area (Å²) in [7, 11) is 0. The molecule has 4 heterocycles. The molecule has 0 spiro atoms. The first-order valence-electron chi connectivity index (χ1n) is 12.7. The van der Waals surface area contributed by atoms with Gasteiger partial charge in [-0.2, -0.15) is 0 Å². The second kappa shape index (κ2) is 14.0. The maximum atomic E-state index is 12.4. The molecule has 6 nitrogen and oxygen atoms in total. The van der Waals surface area contributed by atoms with Gasteiger partial charge in [0.2, 0.25) is 0 Å². The molecule has 0 fully saturated rings.